The van der Waals surface area contributed by atoms with Crippen molar-refractivity contribution in [3.05, 3.63) is 23.8 Å². The lowest BCUT2D eigenvalue weighted by atomic mass is 10.3. The van der Waals surface area contributed by atoms with Crippen LogP contribution in [0.1, 0.15) is 13.8 Å². The molecule has 1 heteroatoms. The van der Waals surface area contributed by atoms with Gasteiger partial charge in [0.05, 0.1) is 0 Å². The van der Waals surface area contributed by atoms with E-state index in [0.29, 0.717) is 0 Å². The van der Waals surface area contributed by atoms with E-state index in [1.165, 1.54) is 5.57 Å². The van der Waals surface area contributed by atoms with Gasteiger partial charge in [-0.25, -0.2) is 0 Å². The standard InChI is InChI=1S/C7H11I/c1-3-4-5-7(2)6-8/h3-5H,6H2,1-2H3/b4-3-,7-5-. The van der Waals surface area contributed by atoms with E-state index in [0.717, 1.165) is 4.43 Å². The van der Waals surface area contributed by atoms with E-state index in [1.807, 2.05) is 13.0 Å². The Kier molecular flexibility index (Phi) is 5.49. The second-order valence-electron chi connectivity index (χ2n) is 1.67. The minimum absolute atomic E-state index is 1.13. The molecule has 0 atom stereocenters. The quantitative estimate of drug-likeness (QED) is 0.382. The van der Waals surface area contributed by atoms with Gasteiger partial charge >= 0.3 is 0 Å². The third kappa shape index (κ3) is 4.37. The predicted octanol–water partition coefficient (Wildman–Crippen LogP) is 2.94. The van der Waals surface area contributed by atoms with Gasteiger partial charge in [-0.05, 0) is 13.8 Å². The van der Waals surface area contributed by atoms with Crippen molar-refractivity contribution in [2.45, 2.75) is 13.8 Å². The lowest BCUT2D eigenvalue weighted by molar-refractivity contribution is 1.43. The van der Waals surface area contributed by atoms with Crippen LogP contribution in [0.3, 0.4) is 0 Å². The summed E-state index contributed by atoms with van der Waals surface area (Å²) in [7, 11) is 0. The SMILES string of the molecule is C/C=C\C=C(\C)CI. The number of hydrogen-bond acceptors (Lipinski definition) is 0. The molecule has 0 aromatic rings. The molecule has 0 saturated carbocycles. The van der Waals surface area contributed by atoms with E-state index in [1.54, 1.807) is 0 Å². The van der Waals surface area contributed by atoms with Crippen LogP contribution in [0.15, 0.2) is 23.8 Å². The summed E-state index contributed by atoms with van der Waals surface area (Å²) in [4.78, 5) is 0. The van der Waals surface area contributed by atoms with E-state index in [4.69, 9.17) is 0 Å². The third-order valence-corrected chi connectivity index (χ3v) is 1.99. The van der Waals surface area contributed by atoms with E-state index in [-0.39, 0.29) is 0 Å². The highest BCUT2D eigenvalue weighted by atomic mass is 127. The molecule has 0 aromatic heterocycles. The second-order valence-corrected chi connectivity index (χ2v) is 2.44. The molecule has 8 heavy (non-hydrogen) atoms. The van der Waals surface area contributed by atoms with E-state index in [9.17, 15) is 0 Å². The number of rotatable bonds is 2. The lowest BCUT2D eigenvalue weighted by Crippen LogP contribution is -1.70. The van der Waals surface area contributed by atoms with Gasteiger partial charge < -0.3 is 0 Å². The van der Waals surface area contributed by atoms with Crippen LogP contribution >= 0.6 is 22.6 Å². The Morgan fingerprint density at radius 2 is 2.25 bits per heavy atom. The first-order valence-corrected chi connectivity index (χ1v) is 4.18. The highest BCUT2D eigenvalue weighted by Crippen LogP contribution is 1.97. The van der Waals surface area contributed by atoms with E-state index in [2.05, 4.69) is 41.7 Å². The van der Waals surface area contributed by atoms with Crippen molar-refractivity contribution in [2.75, 3.05) is 4.43 Å². The average molecular weight is 222 g/mol. The Balaban J connectivity index is 3.57. The summed E-state index contributed by atoms with van der Waals surface area (Å²) in [5.74, 6) is 0. The molecule has 0 aromatic carbocycles. The highest BCUT2D eigenvalue weighted by Gasteiger charge is 1.77. The summed E-state index contributed by atoms with van der Waals surface area (Å²) >= 11 is 2.35. The highest BCUT2D eigenvalue weighted by molar-refractivity contribution is 14.1. The first kappa shape index (κ1) is 8.21. The van der Waals surface area contributed by atoms with Gasteiger partial charge in [0.1, 0.15) is 0 Å². The molecule has 0 nitrogen and oxygen atoms in total. The first-order chi connectivity index (χ1) is 3.81. The van der Waals surface area contributed by atoms with Crippen molar-refractivity contribution in [1.82, 2.24) is 0 Å². The molecular weight excluding hydrogens is 211 g/mol. The third-order valence-electron chi connectivity index (χ3n) is 0.784. The molecule has 0 unspecified atom stereocenters. The molecule has 0 saturated heterocycles. The summed E-state index contributed by atoms with van der Waals surface area (Å²) in [6, 6.07) is 0. The van der Waals surface area contributed by atoms with Gasteiger partial charge in [-0.2, -0.15) is 0 Å². The predicted molar refractivity (Wildman–Crippen MR) is 47.5 cm³/mol. The van der Waals surface area contributed by atoms with Crippen LogP contribution in [-0.2, 0) is 0 Å². The molecule has 0 bridgehead atoms. The Morgan fingerprint density at radius 3 is 2.62 bits per heavy atom. The monoisotopic (exact) mass is 222 g/mol. The number of halogens is 1. The van der Waals surface area contributed by atoms with Gasteiger partial charge in [-0.1, -0.05) is 46.4 Å². The van der Waals surface area contributed by atoms with Crippen molar-refractivity contribution < 1.29 is 0 Å². The van der Waals surface area contributed by atoms with Crippen LogP contribution in [-0.4, -0.2) is 4.43 Å². The first-order valence-electron chi connectivity index (χ1n) is 2.65. The molecule has 0 spiro atoms. The number of hydrogen-bond donors (Lipinski definition) is 0. The average Bonchev–Trinajstić information content (AvgIpc) is 1.83. The fraction of sp³-hybridized carbons (Fsp3) is 0.429. The number of alkyl halides is 1. The second kappa shape index (κ2) is 5.35. The van der Waals surface area contributed by atoms with Crippen molar-refractivity contribution in [3.8, 4) is 0 Å². The molecule has 46 valence electrons. The topological polar surface area (TPSA) is 0 Å². The summed E-state index contributed by atoms with van der Waals surface area (Å²) in [6.45, 7) is 4.16. The van der Waals surface area contributed by atoms with Crippen molar-refractivity contribution in [3.63, 3.8) is 0 Å². The van der Waals surface area contributed by atoms with Crippen LogP contribution in [0.2, 0.25) is 0 Å². The van der Waals surface area contributed by atoms with Gasteiger partial charge in [0.2, 0.25) is 0 Å². The van der Waals surface area contributed by atoms with Crippen molar-refractivity contribution in [2.24, 2.45) is 0 Å². The fourth-order valence-electron chi connectivity index (χ4n) is 0.305. The molecule has 0 heterocycles. The zero-order chi connectivity index (χ0) is 6.41. The Labute approximate surface area is 64.8 Å². The molecule has 0 aliphatic rings. The van der Waals surface area contributed by atoms with Gasteiger partial charge in [0.15, 0.2) is 0 Å². The Morgan fingerprint density at radius 1 is 1.62 bits per heavy atom. The van der Waals surface area contributed by atoms with E-state index < -0.39 is 0 Å². The molecule has 0 aliphatic heterocycles. The molecular formula is C7H11I. The number of allylic oxidation sites excluding steroid dienone is 4. The van der Waals surface area contributed by atoms with Gasteiger partial charge in [-0.15, -0.1) is 0 Å². The lowest BCUT2D eigenvalue weighted by Gasteiger charge is -1.85. The maximum Gasteiger partial charge on any atom is 0.0206 e. The van der Waals surface area contributed by atoms with Gasteiger partial charge in [0, 0.05) is 4.43 Å². The van der Waals surface area contributed by atoms with Crippen molar-refractivity contribution >= 4 is 22.6 Å². The van der Waals surface area contributed by atoms with E-state index >= 15 is 0 Å². The minimum atomic E-state index is 1.13. The zero-order valence-electron chi connectivity index (χ0n) is 5.32. The van der Waals surface area contributed by atoms with Gasteiger partial charge in [-0.3, -0.25) is 0 Å². The Hall–Kier alpha value is 0.210. The van der Waals surface area contributed by atoms with Crippen LogP contribution in [0.5, 0.6) is 0 Å². The smallest absolute Gasteiger partial charge is 0.0206 e. The summed E-state index contributed by atoms with van der Waals surface area (Å²) < 4.78 is 1.13. The molecule has 0 rings (SSSR count). The molecule has 0 radical (unpaired) electrons. The van der Waals surface area contributed by atoms with Crippen LogP contribution in [0.4, 0.5) is 0 Å². The van der Waals surface area contributed by atoms with Crippen LogP contribution < -0.4 is 0 Å². The summed E-state index contributed by atoms with van der Waals surface area (Å²) in [5.41, 5.74) is 1.42. The maximum atomic E-state index is 2.35. The van der Waals surface area contributed by atoms with Gasteiger partial charge in [0.25, 0.3) is 0 Å². The fourth-order valence-corrected chi connectivity index (χ4v) is 0.559. The summed E-state index contributed by atoms with van der Waals surface area (Å²) in [5, 5.41) is 0. The molecule has 0 N–H and O–H groups in total. The minimum Gasteiger partial charge on any atom is -0.0877 e. The van der Waals surface area contributed by atoms with Crippen LogP contribution in [0, 0.1) is 0 Å². The summed E-state index contributed by atoms with van der Waals surface area (Å²) in [6.07, 6.45) is 6.23. The maximum absolute atomic E-state index is 2.35. The van der Waals surface area contributed by atoms with Crippen LogP contribution in [0.25, 0.3) is 0 Å². The molecule has 0 amide bonds. The molecule has 0 fully saturated rings. The molecule has 0 aliphatic carbocycles. The van der Waals surface area contributed by atoms with Crippen molar-refractivity contribution in [1.29, 1.82) is 0 Å². The normalized spacial score (nSPS) is 13.1. The zero-order valence-corrected chi connectivity index (χ0v) is 7.47. The Bertz CT molecular complexity index is 101. The largest absolute Gasteiger partial charge is 0.0877 e.